The molecule has 1 aliphatic heterocycles. The van der Waals surface area contributed by atoms with Crippen molar-refractivity contribution in [2.45, 2.75) is 38.6 Å². The van der Waals surface area contributed by atoms with Gasteiger partial charge in [-0.25, -0.2) is 0 Å². The van der Waals surface area contributed by atoms with E-state index in [0.717, 1.165) is 31.1 Å². The molecule has 1 amide bonds. The molecule has 1 unspecified atom stereocenters. The number of alkyl halides is 1. The van der Waals surface area contributed by atoms with Crippen molar-refractivity contribution < 1.29 is 9.90 Å². The third kappa shape index (κ3) is 3.11. The van der Waals surface area contributed by atoms with Gasteiger partial charge in [-0.05, 0) is 44.7 Å². The van der Waals surface area contributed by atoms with Gasteiger partial charge in [-0.15, -0.1) is 0 Å². The van der Waals surface area contributed by atoms with E-state index in [1.54, 1.807) is 25.1 Å². The van der Waals surface area contributed by atoms with Gasteiger partial charge >= 0.3 is 0 Å². The molecule has 104 valence electrons. The quantitative estimate of drug-likeness (QED) is 0.864. The van der Waals surface area contributed by atoms with E-state index in [9.17, 15) is 9.90 Å². The Labute approximate surface area is 122 Å². The largest absolute Gasteiger partial charge is 0.508 e. The molecule has 1 saturated heterocycles. The van der Waals surface area contributed by atoms with E-state index in [1.807, 2.05) is 4.90 Å². The number of hydrogen-bond donors (Lipinski definition) is 1. The first kappa shape index (κ1) is 14.4. The highest BCUT2D eigenvalue weighted by molar-refractivity contribution is 9.09. The maximum atomic E-state index is 12.7. The van der Waals surface area contributed by atoms with E-state index < -0.39 is 0 Å². The van der Waals surface area contributed by atoms with Gasteiger partial charge in [-0.3, -0.25) is 4.79 Å². The molecule has 3 nitrogen and oxygen atoms in total. The lowest BCUT2D eigenvalue weighted by Crippen LogP contribution is -2.44. The molecule has 1 aliphatic rings. The van der Waals surface area contributed by atoms with Crippen molar-refractivity contribution in [3.63, 3.8) is 0 Å². The summed E-state index contributed by atoms with van der Waals surface area (Å²) in [6.45, 7) is 2.62. The van der Waals surface area contributed by atoms with Gasteiger partial charge in [0.2, 0.25) is 0 Å². The lowest BCUT2D eigenvalue weighted by molar-refractivity contribution is 0.0609. The molecule has 0 spiro atoms. The second kappa shape index (κ2) is 6.42. The number of hydrogen-bond acceptors (Lipinski definition) is 2. The van der Waals surface area contributed by atoms with Crippen LogP contribution in [0.1, 0.15) is 41.6 Å². The minimum Gasteiger partial charge on any atom is -0.508 e. The molecule has 1 fully saturated rings. The number of aromatic hydroxyl groups is 1. The molecule has 0 aliphatic carbocycles. The summed E-state index contributed by atoms with van der Waals surface area (Å²) >= 11 is 3.47. The van der Waals surface area contributed by atoms with Crippen molar-refractivity contribution in [3.05, 3.63) is 29.3 Å². The van der Waals surface area contributed by atoms with E-state index in [4.69, 9.17) is 0 Å². The number of phenols is 1. The molecular formula is C15H20BrNO2. The second-order valence-corrected chi connectivity index (χ2v) is 5.87. The summed E-state index contributed by atoms with van der Waals surface area (Å²) in [5, 5.41) is 10.7. The van der Waals surface area contributed by atoms with E-state index >= 15 is 0 Å². The van der Waals surface area contributed by atoms with E-state index in [0.29, 0.717) is 17.2 Å². The van der Waals surface area contributed by atoms with Crippen molar-refractivity contribution in [2.24, 2.45) is 0 Å². The van der Waals surface area contributed by atoms with Gasteiger partial charge in [0.05, 0.1) is 0 Å². The molecular weight excluding hydrogens is 306 g/mol. The number of rotatable bonds is 3. The van der Waals surface area contributed by atoms with Crippen LogP contribution in [0.25, 0.3) is 0 Å². The fourth-order valence-electron chi connectivity index (χ4n) is 2.70. The Morgan fingerprint density at radius 1 is 1.47 bits per heavy atom. The first-order valence-electron chi connectivity index (χ1n) is 6.80. The van der Waals surface area contributed by atoms with Gasteiger partial charge < -0.3 is 10.0 Å². The molecule has 1 aromatic rings. The Morgan fingerprint density at radius 2 is 2.26 bits per heavy atom. The zero-order valence-corrected chi connectivity index (χ0v) is 12.8. The zero-order chi connectivity index (χ0) is 13.8. The predicted molar refractivity (Wildman–Crippen MR) is 79.9 cm³/mol. The fraction of sp³-hybridized carbons (Fsp3) is 0.533. The third-order valence-corrected chi connectivity index (χ3v) is 4.32. The van der Waals surface area contributed by atoms with Gasteiger partial charge in [0.15, 0.2) is 0 Å². The van der Waals surface area contributed by atoms with Crippen LogP contribution >= 0.6 is 15.9 Å². The normalized spacial score (nSPS) is 19.5. The maximum absolute atomic E-state index is 12.7. The summed E-state index contributed by atoms with van der Waals surface area (Å²) in [6.07, 6.45) is 4.33. The van der Waals surface area contributed by atoms with Crippen molar-refractivity contribution in [3.8, 4) is 5.75 Å². The number of carbonyl (C=O) groups is 1. The highest BCUT2D eigenvalue weighted by Gasteiger charge is 2.27. The monoisotopic (exact) mass is 325 g/mol. The Morgan fingerprint density at radius 3 is 3.00 bits per heavy atom. The average Bonchev–Trinajstić information content (AvgIpc) is 2.42. The number of carbonyl (C=O) groups excluding carboxylic acids is 1. The first-order chi connectivity index (χ1) is 9.15. The number of nitrogens with zero attached hydrogens (tertiary/aromatic N) is 1. The smallest absolute Gasteiger partial charge is 0.254 e. The third-order valence-electron chi connectivity index (χ3n) is 3.87. The van der Waals surface area contributed by atoms with Crippen LogP contribution in [0.5, 0.6) is 5.75 Å². The minimum absolute atomic E-state index is 0.0547. The van der Waals surface area contributed by atoms with Crippen LogP contribution in [-0.2, 0) is 0 Å². The number of phenolic OH excluding ortho intramolecular Hbond substituents is 1. The van der Waals surface area contributed by atoms with Crippen molar-refractivity contribution >= 4 is 21.8 Å². The molecule has 2 rings (SSSR count). The zero-order valence-electron chi connectivity index (χ0n) is 11.2. The summed E-state index contributed by atoms with van der Waals surface area (Å²) in [5.74, 6) is 0.249. The molecule has 19 heavy (non-hydrogen) atoms. The second-order valence-electron chi connectivity index (χ2n) is 5.08. The van der Waals surface area contributed by atoms with Crippen molar-refractivity contribution in [1.82, 2.24) is 4.90 Å². The number of likely N-dealkylation sites (tertiary alicyclic amines) is 1. The molecule has 0 radical (unpaired) electrons. The summed E-state index contributed by atoms with van der Waals surface area (Å²) in [7, 11) is 0. The van der Waals surface area contributed by atoms with E-state index in [1.165, 1.54) is 6.42 Å². The van der Waals surface area contributed by atoms with Crippen LogP contribution in [0.15, 0.2) is 18.2 Å². The highest BCUT2D eigenvalue weighted by Crippen LogP contribution is 2.26. The molecule has 1 heterocycles. The summed E-state index contributed by atoms with van der Waals surface area (Å²) in [4.78, 5) is 14.6. The van der Waals surface area contributed by atoms with Crippen LogP contribution in [0.4, 0.5) is 0 Å². The molecule has 1 N–H and O–H groups in total. The summed E-state index contributed by atoms with van der Waals surface area (Å²) < 4.78 is 0. The van der Waals surface area contributed by atoms with Crippen LogP contribution in [0, 0.1) is 6.92 Å². The lowest BCUT2D eigenvalue weighted by Gasteiger charge is -2.36. The molecule has 0 saturated carbocycles. The van der Waals surface area contributed by atoms with Crippen LogP contribution < -0.4 is 0 Å². The Bertz CT molecular complexity index is 459. The maximum Gasteiger partial charge on any atom is 0.254 e. The van der Waals surface area contributed by atoms with E-state index in [-0.39, 0.29) is 11.7 Å². The number of amides is 1. The lowest BCUT2D eigenvalue weighted by atomic mass is 9.97. The number of piperidine rings is 1. The molecule has 0 aromatic heterocycles. The molecule has 1 atom stereocenters. The average molecular weight is 326 g/mol. The standard InChI is InChI=1S/C15H20BrNO2/c1-11-13(6-4-7-14(11)18)15(19)17-10-3-2-5-12(17)8-9-16/h4,6-7,12,18H,2-3,5,8-10H2,1H3. The van der Waals surface area contributed by atoms with Crippen molar-refractivity contribution in [1.29, 1.82) is 0 Å². The fourth-order valence-corrected chi connectivity index (χ4v) is 3.23. The molecule has 0 bridgehead atoms. The topological polar surface area (TPSA) is 40.5 Å². The van der Waals surface area contributed by atoms with Gasteiger partial charge in [-0.1, -0.05) is 22.0 Å². The summed E-state index contributed by atoms with van der Waals surface area (Å²) in [6, 6.07) is 5.48. The number of benzene rings is 1. The van der Waals surface area contributed by atoms with Crippen molar-refractivity contribution in [2.75, 3.05) is 11.9 Å². The van der Waals surface area contributed by atoms with Gasteiger partial charge in [0.1, 0.15) is 5.75 Å². The van der Waals surface area contributed by atoms with Gasteiger partial charge in [-0.2, -0.15) is 0 Å². The van der Waals surface area contributed by atoms with Gasteiger partial charge in [0.25, 0.3) is 5.91 Å². The highest BCUT2D eigenvalue weighted by atomic mass is 79.9. The minimum atomic E-state index is 0.0547. The summed E-state index contributed by atoms with van der Waals surface area (Å²) in [5.41, 5.74) is 1.30. The van der Waals surface area contributed by atoms with Gasteiger partial charge in [0, 0.05) is 29.0 Å². The van der Waals surface area contributed by atoms with E-state index in [2.05, 4.69) is 15.9 Å². The van der Waals surface area contributed by atoms with Crippen LogP contribution in [0.2, 0.25) is 0 Å². The Balaban J connectivity index is 2.23. The molecule has 1 aromatic carbocycles. The Kier molecular flexibility index (Phi) is 4.86. The Hall–Kier alpha value is -1.03. The molecule has 4 heteroatoms. The predicted octanol–water partition coefficient (Wildman–Crippen LogP) is 3.48. The van der Waals surface area contributed by atoms with Crippen LogP contribution in [0.3, 0.4) is 0 Å². The SMILES string of the molecule is Cc1c(O)cccc1C(=O)N1CCCCC1CCBr. The number of halogens is 1. The first-order valence-corrected chi connectivity index (χ1v) is 7.93. The van der Waals surface area contributed by atoms with Crippen LogP contribution in [-0.4, -0.2) is 33.8 Å².